The Kier molecular flexibility index (Phi) is 7.35. The van der Waals surface area contributed by atoms with Crippen LogP contribution in [0.1, 0.15) is 30.9 Å². The zero-order valence-corrected chi connectivity index (χ0v) is 19.2. The summed E-state index contributed by atoms with van der Waals surface area (Å²) in [5.41, 5.74) is 2.67. The van der Waals surface area contributed by atoms with Crippen molar-refractivity contribution in [3.05, 3.63) is 89.9 Å². The van der Waals surface area contributed by atoms with Crippen LogP contribution in [0.3, 0.4) is 0 Å². The largest absolute Gasteiger partial charge is 0.354 e. The minimum Gasteiger partial charge on any atom is -0.354 e. The number of benzene rings is 2. The van der Waals surface area contributed by atoms with Gasteiger partial charge < -0.3 is 15.1 Å². The van der Waals surface area contributed by atoms with E-state index >= 15 is 0 Å². The number of rotatable bonds is 10. The maximum absolute atomic E-state index is 13.6. The third kappa shape index (κ3) is 5.76. The number of carbonyl (C=O) groups excluding carboxylic acids is 1. The molecule has 1 atom stereocenters. The molecule has 33 heavy (non-hydrogen) atoms. The Labute approximate surface area is 195 Å². The quantitative estimate of drug-likeness (QED) is 0.496. The number of amides is 1. The number of carbonyl (C=O) groups is 1. The number of hydrogen-bond acceptors (Lipinski definition) is 4. The molecule has 4 rings (SSSR count). The van der Waals surface area contributed by atoms with Crippen molar-refractivity contribution in [2.24, 2.45) is 0 Å². The summed E-state index contributed by atoms with van der Waals surface area (Å²) in [6.07, 6.45) is 4.85. The Hall–Kier alpha value is -3.25. The topological polar surface area (TPSA) is 48.5 Å². The first-order valence-corrected chi connectivity index (χ1v) is 11.6. The maximum atomic E-state index is 13.6. The molecule has 1 saturated carbocycles. The first-order valence-electron chi connectivity index (χ1n) is 11.6. The summed E-state index contributed by atoms with van der Waals surface area (Å²) in [5, 5.41) is 3.16. The van der Waals surface area contributed by atoms with E-state index in [9.17, 15) is 9.18 Å². The van der Waals surface area contributed by atoms with Crippen LogP contribution in [0.15, 0.2) is 72.9 Å². The fourth-order valence-electron chi connectivity index (χ4n) is 4.12. The van der Waals surface area contributed by atoms with Crippen LogP contribution >= 0.6 is 0 Å². The van der Waals surface area contributed by atoms with Gasteiger partial charge in [0, 0.05) is 24.5 Å². The molecule has 3 aromatic rings. The molecule has 2 aromatic carbocycles. The average molecular weight is 447 g/mol. The molecule has 0 spiro atoms. The molecule has 0 aliphatic heterocycles. The Morgan fingerprint density at radius 3 is 2.36 bits per heavy atom. The highest BCUT2D eigenvalue weighted by Crippen LogP contribution is 2.30. The second kappa shape index (κ2) is 10.6. The zero-order valence-electron chi connectivity index (χ0n) is 19.2. The van der Waals surface area contributed by atoms with Crippen molar-refractivity contribution in [2.75, 3.05) is 23.4 Å². The van der Waals surface area contributed by atoms with Gasteiger partial charge in [0.1, 0.15) is 11.6 Å². The SMILES string of the molecule is CCN(c1ccc(CN(C(=O)[C@H](Cc2ccccc2)NC)c2ccc(F)cc2)cn1)C1CC1. The fraction of sp³-hybridized carbons (Fsp3) is 0.333. The Balaban J connectivity index is 1.56. The molecular weight excluding hydrogens is 415 g/mol. The van der Waals surface area contributed by atoms with Gasteiger partial charge in [-0.25, -0.2) is 9.37 Å². The molecule has 5 nitrogen and oxygen atoms in total. The molecule has 1 aromatic heterocycles. The van der Waals surface area contributed by atoms with E-state index in [0.717, 1.165) is 23.5 Å². The number of nitrogens with zero attached hydrogens (tertiary/aromatic N) is 3. The summed E-state index contributed by atoms with van der Waals surface area (Å²) in [4.78, 5) is 22.3. The minimum absolute atomic E-state index is 0.0646. The number of hydrogen-bond donors (Lipinski definition) is 1. The van der Waals surface area contributed by atoms with Gasteiger partial charge in [0.15, 0.2) is 0 Å². The van der Waals surface area contributed by atoms with E-state index in [1.54, 1.807) is 24.1 Å². The molecule has 1 fully saturated rings. The van der Waals surface area contributed by atoms with Crippen molar-refractivity contribution in [3.8, 4) is 0 Å². The number of likely N-dealkylation sites (N-methyl/N-ethyl adjacent to an activating group) is 1. The lowest BCUT2D eigenvalue weighted by Crippen LogP contribution is -2.46. The Bertz CT molecular complexity index is 1040. The Morgan fingerprint density at radius 1 is 1.06 bits per heavy atom. The zero-order chi connectivity index (χ0) is 23.2. The number of halogens is 1. The predicted octanol–water partition coefficient (Wildman–Crippen LogP) is 4.57. The van der Waals surface area contributed by atoms with Crippen LogP contribution < -0.4 is 15.1 Å². The van der Waals surface area contributed by atoms with E-state index in [2.05, 4.69) is 22.1 Å². The smallest absolute Gasteiger partial charge is 0.244 e. The van der Waals surface area contributed by atoms with Crippen LogP contribution in [0, 0.1) is 5.82 Å². The molecule has 1 N–H and O–H groups in total. The molecule has 0 saturated heterocycles. The van der Waals surface area contributed by atoms with Gasteiger partial charge >= 0.3 is 0 Å². The number of pyridine rings is 1. The van der Waals surface area contributed by atoms with Crippen molar-refractivity contribution in [1.82, 2.24) is 10.3 Å². The maximum Gasteiger partial charge on any atom is 0.244 e. The van der Waals surface area contributed by atoms with Crippen LogP contribution in [0.2, 0.25) is 0 Å². The average Bonchev–Trinajstić information content (AvgIpc) is 3.69. The van der Waals surface area contributed by atoms with Crippen molar-refractivity contribution >= 4 is 17.4 Å². The fourth-order valence-corrected chi connectivity index (χ4v) is 4.12. The van der Waals surface area contributed by atoms with E-state index in [1.807, 2.05) is 48.7 Å². The van der Waals surface area contributed by atoms with Gasteiger partial charge in [-0.15, -0.1) is 0 Å². The monoisotopic (exact) mass is 446 g/mol. The number of anilines is 2. The summed E-state index contributed by atoms with van der Waals surface area (Å²) in [5.74, 6) is 0.581. The van der Waals surface area contributed by atoms with Gasteiger partial charge in [-0.05, 0) is 74.7 Å². The first kappa shape index (κ1) is 22.9. The van der Waals surface area contributed by atoms with Gasteiger partial charge in [0.2, 0.25) is 5.91 Å². The standard InChI is InChI=1S/C27H31FN4O/c1-3-31(23-14-15-23)26-16-9-21(18-30-26)19-32(24-12-10-22(28)11-13-24)27(33)25(29-2)17-20-7-5-4-6-8-20/h4-13,16,18,23,25,29H,3,14-15,17,19H2,1-2H3/t25-/m0/s1. The molecule has 0 bridgehead atoms. The summed E-state index contributed by atoms with van der Waals surface area (Å²) in [7, 11) is 1.79. The van der Waals surface area contributed by atoms with E-state index in [4.69, 9.17) is 0 Å². The van der Waals surface area contributed by atoms with E-state index in [1.165, 1.54) is 25.0 Å². The van der Waals surface area contributed by atoms with E-state index in [0.29, 0.717) is 24.7 Å². The van der Waals surface area contributed by atoms with Crippen LogP contribution in [0.5, 0.6) is 0 Å². The normalized spacial score (nSPS) is 14.0. The van der Waals surface area contributed by atoms with Crippen molar-refractivity contribution in [2.45, 2.75) is 44.8 Å². The summed E-state index contributed by atoms with van der Waals surface area (Å²) in [6, 6.07) is 20.3. The summed E-state index contributed by atoms with van der Waals surface area (Å²) in [6.45, 7) is 3.44. The van der Waals surface area contributed by atoms with Gasteiger partial charge in [0.25, 0.3) is 0 Å². The second-order valence-electron chi connectivity index (χ2n) is 8.47. The van der Waals surface area contributed by atoms with Crippen LogP contribution in [0.4, 0.5) is 15.9 Å². The van der Waals surface area contributed by atoms with Crippen LogP contribution in [-0.4, -0.2) is 36.6 Å². The minimum atomic E-state index is -0.407. The predicted molar refractivity (Wildman–Crippen MR) is 131 cm³/mol. The van der Waals surface area contributed by atoms with Crippen molar-refractivity contribution < 1.29 is 9.18 Å². The molecule has 0 unspecified atom stereocenters. The van der Waals surface area contributed by atoms with Gasteiger partial charge in [-0.2, -0.15) is 0 Å². The van der Waals surface area contributed by atoms with Gasteiger partial charge in [0.05, 0.1) is 12.6 Å². The molecule has 172 valence electrons. The summed E-state index contributed by atoms with van der Waals surface area (Å²) < 4.78 is 13.6. The van der Waals surface area contributed by atoms with Crippen LogP contribution in [-0.2, 0) is 17.8 Å². The summed E-state index contributed by atoms with van der Waals surface area (Å²) >= 11 is 0. The Morgan fingerprint density at radius 2 is 1.79 bits per heavy atom. The molecule has 1 aliphatic carbocycles. The van der Waals surface area contributed by atoms with Crippen molar-refractivity contribution in [3.63, 3.8) is 0 Å². The number of nitrogens with one attached hydrogen (secondary N) is 1. The molecule has 6 heteroatoms. The second-order valence-corrected chi connectivity index (χ2v) is 8.47. The lowest BCUT2D eigenvalue weighted by atomic mass is 10.0. The molecular formula is C27H31FN4O. The lowest BCUT2D eigenvalue weighted by molar-refractivity contribution is -0.120. The number of aromatic nitrogens is 1. The lowest BCUT2D eigenvalue weighted by Gasteiger charge is -2.28. The third-order valence-corrected chi connectivity index (χ3v) is 6.11. The molecule has 0 radical (unpaired) electrons. The van der Waals surface area contributed by atoms with Crippen molar-refractivity contribution in [1.29, 1.82) is 0 Å². The highest BCUT2D eigenvalue weighted by Gasteiger charge is 2.29. The van der Waals surface area contributed by atoms with E-state index in [-0.39, 0.29) is 11.7 Å². The highest BCUT2D eigenvalue weighted by atomic mass is 19.1. The molecule has 1 amide bonds. The highest BCUT2D eigenvalue weighted by molar-refractivity contribution is 5.97. The molecule has 1 aliphatic rings. The first-order chi connectivity index (χ1) is 16.1. The molecule has 1 heterocycles. The van der Waals surface area contributed by atoms with Gasteiger partial charge in [-0.3, -0.25) is 4.79 Å². The van der Waals surface area contributed by atoms with Gasteiger partial charge in [-0.1, -0.05) is 36.4 Å². The third-order valence-electron chi connectivity index (χ3n) is 6.11. The van der Waals surface area contributed by atoms with Crippen LogP contribution in [0.25, 0.3) is 0 Å². The van der Waals surface area contributed by atoms with E-state index < -0.39 is 6.04 Å².